The summed E-state index contributed by atoms with van der Waals surface area (Å²) in [4.78, 5) is 30.7. The number of ether oxygens (including phenoxy) is 1. The van der Waals surface area contributed by atoms with E-state index in [0.717, 1.165) is 22.9 Å². The summed E-state index contributed by atoms with van der Waals surface area (Å²) in [7, 11) is 1.50. The molecule has 3 rings (SSSR count). The highest BCUT2D eigenvalue weighted by Gasteiger charge is 2.15. The number of carbonyl (C=O) groups is 2. The Hall–Kier alpha value is -3.09. The first-order valence-electron chi connectivity index (χ1n) is 6.95. The van der Waals surface area contributed by atoms with Crippen molar-refractivity contribution in [1.82, 2.24) is 19.7 Å². The predicted molar refractivity (Wildman–Crippen MR) is 83.4 cm³/mol. The third-order valence-corrected chi connectivity index (χ3v) is 3.48. The molecule has 1 aromatic carbocycles. The maximum absolute atomic E-state index is 11.8. The fraction of sp³-hybridized carbons (Fsp3) is 0.188. The van der Waals surface area contributed by atoms with Crippen molar-refractivity contribution in [1.29, 1.82) is 0 Å². The minimum Gasteiger partial charge on any atom is -0.467 e. The van der Waals surface area contributed by atoms with E-state index in [1.807, 2.05) is 18.2 Å². The molecule has 0 spiro atoms. The first-order chi connectivity index (χ1) is 11.1. The minimum absolute atomic E-state index is 0.106. The van der Waals surface area contributed by atoms with Gasteiger partial charge in [0.15, 0.2) is 5.78 Å². The van der Waals surface area contributed by atoms with Gasteiger partial charge in [-0.2, -0.15) is 5.10 Å². The molecule has 0 radical (unpaired) electrons. The molecule has 0 bridgehead atoms. The maximum Gasteiger partial charge on any atom is 0.316 e. The van der Waals surface area contributed by atoms with E-state index in [4.69, 9.17) is 4.74 Å². The van der Waals surface area contributed by atoms with Crippen LogP contribution < -0.4 is 4.74 Å². The summed E-state index contributed by atoms with van der Waals surface area (Å²) in [6, 6.07) is 5.85. The number of hydrogen-bond donors (Lipinski definition) is 0. The molecule has 7 nitrogen and oxygen atoms in total. The van der Waals surface area contributed by atoms with Gasteiger partial charge in [-0.3, -0.25) is 9.48 Å². The fourth-order valence-corrected chi connectivity index (χ4v) is 2.40. The Morgan fingerprint density at radius 1 is 1.26 bits per heavy atom. The number of aromatic nitrogens is 4. The van der Waals surface area contributed by atoms with Crippen LogP contribution in [-0.4, -0.2) is 38.9 Å². The SMILES string of the molecule is COc1ncc(-c2ccc3c(c2)c(C(C)=O)nn3CC=O)cn1. The number of nitrogens with zero attached hydrogens (tertiary/aromatic N) is 4. The van der Waals surface area contributed by atoms with Crippen LogP contribution in [0.1, 0.15) is 17.4 Å². The van der Waals surface area contributed by atoms with Crippen LogP contribution in [0, 0.1) is 0 Å². The van der Waals surface area contributed by atoms with Crippen LogP contribution in [0.2, 0.25) is 0 Å². The summed E-state index contributed by atoms with van der Waals surface area (Å²) in [5.41, 5.74) is 2.73. The van der Waals surface area contributed by atoms with Gasteiger partial charge in [0.1, 0.15) is 12.0 Å². The normalized spacial score (nSPS) is 10.7. The molecule has 0 N–H and O–H groups in total. The van der Waals surface area contributed by atoms with Crippen molar-refractivity contribution in [2.45, 2.75) is 13.5 Å². The number of methoxy groups -OCH3 is 1. The summed E-state index contributed by atoms with van der Waals surface area (Å²) in [5, 5.41) is 4.93. The number of carbonyl (C=O) groups excluding carboxylic acids is 2. The Kier molecular flexibility index (Phi) is 3.84. The highest BCUT2D eigenvalue weighted by molar-refractivity contribution is 6.05. The van der Waals surface area contributed by atoms with Crippen molar-refractivity contribution in [3.63, 3.8) is 0 Å². The molecule has 0 saturated heterocycles. The van der Waals surface area contributed by atoms with Gasteiger partial charge in [0.25, 0.3) is 0 Å². The van der Waals surface area contributed by atoms with Gasteiger partial charge in [0, 0.05) is 30.3 Å². The summed E-state index contributed by atoms with van der Waals surface area (Å²) in [5.74, 6) is -0.150. The Morgan fingerprint density at radius 3 is 2.61 bits per heavy atom. The maximum atomic E-state index is 11.8. The second kappa shape index (κ2) is 5.96. The minimum atomic E-state index is -0.150. The van der Waals surface area contributed by atoms with Crippen LogP contribution in [-0.2, 0) is 11.3 Å². The Balaban J connectivity index is 2.14. The topological polar surface area (TPSA) is 87.0 Å². The molecule has 2 aromatic heterocycles. The van der Waals surface area contributed by atoms with Crippen molar-refractivity contribution in [3.8, 4) is 17.1 Å². The Morgan fingerprint density at radius 2 is 2.00 bits per heavy atom. The molecule has 116 valence electrons. The zero-order valence-corrected chi connectivity index (χ0v) is 12.7. The van der Waals surface area contributed by atoms with Gasteiger partial charge in [0.2, 0.25) is 0 Å². The molecular formula is C16H14N4O3. The fourth-order valence-electron chi connectivity index (χ4n) is 2.40. The molecule has 3 aromatic rings. The Bertz CT molecular complexity index is 884. The lowest BCUT2D eigenvalue weighted by Crippen LogP contribution is -2.02. The van der Waals surface area contributed by atoms with Gasteiger partial charge >= 0.3 is 6.01 Å². The van der Waals surface area contributed by atoms with Crippen LogP contribution in [0.15, 0.2) is 30.6 Å². The van der Waals surface area contributed by atoms with Crippen LogP contribution in [0.4, 0.5) is 0 Å². The Labute approximate surface area is 131 Å². The van der Waals surface area contributed by atoms with E-state index in [2.05, 4.69) is 15.1 Å². The monoisotopic (exact) mass is 310 g/mol. The van der Waals surface area contributed by atoms with Crippen LogP contribution >= 0.6 is 0 Å². The largest absolute Gasteiger partial charge is 0.467 e. The number of benzene rings is 1. The molecule has 0 aliphatic rings. The molecule has 23 heavy (non-hydrogen) atoms. The highest BCUT2D eigenvalue weighted by Crippen LogP contribution is 2.26. The number of aldehydes is 1. The first kappa shape index (κ1) is 14.8. The lowest BCUT2D eigenvalue weighted by Gasteiger charge is -2.03. The van der Waals surface area contributed by atoms with Crippen LogP contribution in [0.5, 0.6) is 6.01 Å². The lowest BCUT2D eigenvalue weighted by molar-refractivity contribution is -0.108. The van der Waals surface area contributed by atoms with E-state index in [1.165, 1.54) is 18.7 Å². The van der Waals surface area contributed by atoms with Gasteiger partial charge in [0.05, 0.1) is 19.2 Å². The van der Waals surface area contributed by atoms with Gasteiger partial charge in [-0.1, -0.05) is 6.07 Å². The number of hydrogen-bond acceptors (Lipinski definition) is 6. The van der Waals surface area contributed by atoms with Crippen molar-refractivity contribution >= 4 is 23.0 Å². The van der Waals surface area contributed by atoms with Crippen LogP contribution in [0.3, 0.4) is 0 Å². The number of Topliss-reactive ketones (excluding diaryl/α,β-unsaturated/α-hetero) is 1. The van der Waals surface area contributed by atoms with E-state index < -0.39 is 0 Å². The molecule has 0 fully saturated rings. The van der Waals surface area contributed by atoms with Crippen molar-refractivity contribution in [3.05, 3.63) is 36.3 Å². The quantitative estimate of drug-likeness (QED) is 0.528. The third kappa shape index (κ3) is 2.68. The molecule has 0 aliphatic carbocycles. The van der Waals surface area contributed by atoms with Crippen molar-refractivity contribution in [2.75, 3.05) is 7.11 Å². The molecular weight excluding hydrogens is 296 g/mol. The average molecular weight is 310 g/mol. The molecule has 7 heteroatoms. The van der Waals surface area contributed by atoms with Crippen molar-refractivity contribution < 1.29 is 14.3 Å². The lowest BCUT2D eigenvalue weighted by atomic mass is 10.0. The van der Waals surface area contributed by atoms with Gasteiger partial charge in [-0.25, -0.2) is 9.97 Å². The zero-order valence-electron chi connectivity index (χ0n) is 12.7. The molecule has 0 amide bonds. The zero-order chi connectivity index (χ0) is 16.4. The summed E-state index contributed by atoms with van der Waals surface area (Å²) >= 11 is 0. The van der Waals surface area contributed by atoms with E-state index in [-0.39, 0.29) is 18.3 Å². The van der Waals surface area contributed by atoms with E-state index >= 15 is 0 Å². The van der Waals surface area contributed by atoms with Gasteiger partial charge in [-0.05, 0) is 17.7 Å². The number of ketones is 1. The second-order valence-electron chi connectivity index (χ2n) is 4.94. The summed E-state index contributed by atoms with van der Waals surface area (Å²) in [6.07, 6.45) is 4.05. The van der Waals surface area contributed by atoms with E-state index in [0.29, 0.717) is 11.1 Å². The summed E-state index contributed by atoms with van der Waals surface area (Å²) < 4.78 is 6.46. The third-order valence-electron chi connectivity index (χ3n) is 3.48. The summed E-state index contributed by atoms with van der Waals surface area (Å²) in [6.45, 7) is 1.56. The smallest absolute Gasteiger partial charge is 0.316 e. The molecule has 2 heterocycles. The molecule has 0 atom stereocenters. The second-order valence-corrected chi connectivity index (χ2v) is 4.94. The van der Waals surface area contributed by atoms with Gasteiger partial charge < -0.3 is 9.53 Å². The van der Waals surface area contributed by atoms with E-state index in [1.54, 1.807) is 12.4 Å². The molecule has 0 unspecified atom stereocenters. The predicted octanol–water partition coefficient (Wildman–Crippen LogP) is 1.90. The average Bonchev–Trinajstić information content (AvgIpc) is 2.93. The number of fused-ring (bicyclic) bond motifs is 1. The van der Waals surface area contributed by atoms with Crippen molar-refractivity contribution in [2.24, 2.45) is 0 Å². The van der Waals surface area contributed by atoms with Crippen LogP contribution in [0.25, 0.3) is 22.0 Å². The highest BCUT2D eigenvalue weighted by atomic mass is 16.5. The molecule has 0 saturated carbocycles. The number of rotatable bonds is 5. The standard InChI is InChI=1S/C16H14N4O3/c1-10(22)15-13-7-11(12-8-17-16(23-2)18-9-12)3-4-14(13)20(19-15)5-6-21/h3-4,6-9H,5H2,1-2H3. The molecule has 0 aliphatic heterocycles. The first-order valence-corrected chi connectivity index (χ1v) is 6.95. The van der Waals surface area contributed by atoms with Gasteiger partial charge in [-0.15, -0.1) is 0 Å². The van der Waals surface area contributed by atoms with E-state index in [9.17, 15) is 9.59 Å².